The first-order chi connectivity index (χ1) is 10.5. The Morgan fingerprint density at radius 1 is 0.545 bits per heavy atom. The first-order valence-corrected chi connectivity index (χ1v) is 5.83. The molecule has 0 fully saturated rings. The molecule has 0 bridgehead atoms. The van der Waals surface area contributed by atoms with E-state index in [1.807, 2.05) is 0 Å². The zero-order valence-corrected chi connectivity index (χ0v) is 10.9. The molecular formula is C16H4F2N4. The van der Waals surface area contributed by atoms with Crippen LogP contribution in [-0.2, 0) is 0 Å². The van der Waals surface area contributed by atoms with Crippen molar-refractivity contribution in [3.05, 3.63) is 58.2 Å². The Bertz CT molecular complexity index is 871. The number of nitriles is 4. The van der Waals surface area contributed by atoms with Crippen molar-refractivity contribution in [1.29, 1.82) is 21.0 Å². The number of halogens is 2. The van der Waals surface area contributed by atoms with Crippen LogP contribution in [0.5, 0.6) is 0 Å². The van der Waals surface area contributed by atoms with Crippen LogP contribution < -0.4 is 0 Å². The molecule has 4 nitrogen and oxygen atoms in total. The minimum absolute atomic E-state index is 0.0149. The van der Waals surface area contributed by atoms with Crippen molar-refractivity contribution in [3.8, 4) is 35.4 Å². The molecule has 0 aliphatic carbocycles. The van der Waals surface area contributed by atoms with Crippen LogP contribution in [0.1, 0.15) is 22.3 Å². The predicted octanol–water partition coefficient (Wildman–Crippen LogP) is 3.12. The topological polar surface area (TPSA) is 95.2 Å². The van der Waals surface area contributed by atoms with Crippen molar-refractivity contribution in [2.45, 2.75) is 0 Å². The Morgan fingerprint density at radius 3 is 1.14 bits per heavy atom. The minimum Gasteiger partial charge on any atom is -0.206 e. The molecule has 2 aromatic carbocycles. The molecule has 102 valence electrons. The van der Waals surface area contributed by atoms with Crippen LogP contribution in [0, 0.1) is 57.0 Å². The molecule has 0 aliphatic rings. The Hall–Kier alpha value is -3.74. The van der Waals surface area contributed by atoms with E-state index < -0.39 is 11.6 Å². The summed E-state index contributed by atoms with van der Waals surface area (Å²) in [6.07, 6.45) is 0. The van der Waals surface area contributed by atoms with Gasteiger partial charge in [0.05, 0.1) is 34.4 Å². The van der Waals surface area contributed by atoms with Gasteiger partial charge in [0.15, 0.2) is 0 Å². The van der Waals surface area contributed by atoms with Crippen LogP contribution in [0.25, 0.3) is 11.1 Å². The highest BCUT2D eigenvalue weighted by Crippen LogP contribution is 2.30. The summed E-state index contributed by atoms with van der Waals surface area (Å²) in [7, 11) is 0. The molecule has 0 saturated heterocycles. The molecule has 0 atom stereocenters. The van der Waals surface area contributed by atoms with E-state index in [0.717, 1.165) is 24.3 Å². The fourth-order valence-corrected chi connectivity index (χ4v) is 1.95. The van der Waals surface area contributed by atoms with E-state index in [4.69, 9.17) is 21.0 Å². The van der Waals surface area contributed by atoms with Gasteiger partial charge in [-0.1, -0.05) is 0 Å². The summed E-state index contributed by atoms with van der Waals surface area (Å²) in [6, 6.07) is 10.6. The summed E-state index contributed by atoms with van der Waals surface area (Å²) >= 11 is 0. The van der Waals surface area contributed by atoms with E-state index in [0.29, 0.717) is 0 Å². The highest BCUT2D eigenvalue weighted by molar-refractivity contribution is 5.77. The second kappa shape index (κ2) is 5.71. The third-order valence-corrected chi connectivity index (χ3v) is 2.99. The first kappa shape index (κ1) is 14.7. The van der Waals surface area contributed by atoms with Gasteiger partial charge in [0.1, 0.15) is 23.8 Å². The van der Waals surface area contributed by atoms with Gasteiger partial charge in [-0.25, -0.2) is 8.78 Å². The van der Waals surface area contributed by atoms with Crippen LogP contribution in [0.3, 0.4) is 0 Å². The van der Waals surface area contributed by atoms with Gasteiger partial charge >= 0.3 is 0 Å². The van der Waals surface area contributed by atoms with Gasteiger partial charge < -0.3 is 0 Å². The van der Waals surface area contributed by atoms with Crippen molar-refractivity contribution in [2.75, 3.05) is 0 Å². The normalized spacial score (nSPS) is 9.18. The monoisotopic (exact) mass is 290 g/mol. The molecule has 0 aliphatic heterocycles. The lowest BCUT2D eigenvalue weighted by atomic mass is 9.93. The van der Waals surface area contributed by atoms with Gasteiger partial charge in [-0.15, -0.1) is 0 Å². The molecule has 2 aromatic rings. The van der Waals surface area contributed by atoms with E-state index >= 15 is 0 Å². The van der Waals surface area contributed by atoms with Crippen LogP contribution in [0.2, 0.25) is 0 Å². The Kier molecular flexibility index (Phi) is 3.81. The van der Waals surface area contributed by atoms with Gasteiger partial charge in [0, 0.05) is 11.1 Å². The minimum atomic E-state index is -0.884. The fraction of sp³-hybridized carbons (Fsp3) is 0. The Labute approximate surface area is 124 Å². The lowest BCUT2D eigenvalue weighted by molar-refractivity contribution is 0.622. The molecule has 22 heavy (non-hydrogen) atoms. The standard InChI is InChI=1S/C16H4F2N4/c17-15-3-13(9(5-19)1-11(15)7-21)14-4-16(18)12(8-22)2-10(14)6-20/h1-4H. The second-order valence-corrected chi connectivity index (χ2v) is 4.20. The number of nitrogens with zero attached hydrogens (tertiary/aromatic N) is 4. The van der Waals surface area contributed by atoms with E-state index in [1.165, 1.54) is 0 Å². The third-order valence-electron chi connectivity index (χ3n) is 2.99. The average molecular weight is 290 g/mol. The maximum atomic E-state index is 13.8. The van der Waals surface area contributed by atoms with Crippen LogP contribution in [-0.4, -0.2) is 0 Å². The maximum Gasteiger partial charge on any atom is 0.141 e. The lowest BCUT2D eigenvalue weighted by Crippen LogP contribution is -1.96. The molecule has 0 spiro atoms. The first-order valence-electron chi connectivity index (χ1n) is 5.83. The Morgan fingerprint density at radius 2 is 0.864 bits per heavy atom. The van der Waals surface area contributed by atoms with E-state index in [2.05, 4.69) is 0 Å². The van der Waals surface area contributed by atoms with Gasteiger partial charge in [-0.3, -0.25) is 0 Å². The summed E-state index contributed by atoms with van der Waals surface area (Å²) in [5, 5.41) is 35.8. The zero-order chi connectivity index (χ0) is 16.3. The number of rotatable bonds is 1. The molecule has 0 unspecified atom stereocenters. The number of hydrogen-bond donors (Lipinski definition) is 0. The van der Waals surface area contributed by atoms with Crippen molar-refractivity contribution in [3.63, 3.8) is 0 Å². The fourth-order valence-electron chi connectivity index (χ4n) is 1.95. The van der Waals surface area contributed by atoms with Crippen LogP contribution >= 0.6 is 0 Å². The highest BCUT2D eigenvalue weighted by Gasteiger charge is 2.17. The smallest absolute Gasteiger partial charge is 0.141 e. The molecule has 0 saturated carbocycles. The molecule has 0 amide bonds. The lowest BCUT2D eigenvalue weighted by Gasteiger charge is -2.09. The van der Waals surface area contributed by atoms with E-state index in [1.54, 1.807) is 24.3 Å². The molecule has 0 heterocycles. The predicted molar refractivity (Wildman–Crippen MR) is 70.7 cm³/mol. The number of hydrogen-bond acceptors (Lipinski definition) is 4. The summed E-state index contributed by atoms with van der Waals surface area (Å²) in [5.41, 5.74) is -0.823. The van der Waals surface area contributed by atoms with Crippen LogP contribution in [0.4, 0.5) is 8.78 Å². The number of benzene rings is 2. The molecule has 0 radical (unpaired) electrons. The molecule has 6 heteroatoms. The quantitative estimate of drug-likeness (QED) is 0.806. The van der Waals surface area contributed by atoms with Crippen molar-refractivity contribution in [1.82, 2.24) is 0 Å². The molecule has 2 rings (SSSR count). The van der Waals surface area contributed by atoms with Crippen LogP contribution in [0.15, 0.2) is 24.3 Å². The Balaban J connectivity index is 2.85. The van der Waals surface area contributed by atoms with Crippen molar-refractivity contribution < 1.29 is 8.78 Å². The van der Waals surface area contributed by atoms with Crippen molar-refractivity contribution in [2.24, 2.45) is 0 Å². The van der Waals surface area contributed by atoms with Gasteiger partial charge in [0.2, 0.25) is 0 Å². The molecule has 0 aromatic heterocycles. The largest absolute Gasteiger partial charge is 0.206 e. The SMILES string of the molecule is N#Cc1cc(C#N)c(-c2cc(F)c(C#N)cc2C#N)cc1F. The van der Waals surface area contributed by atoms with Gasteiger partial charge in [-0.05, 0) is 24.3 Å². The summed E-state index contributed by atoms with van der Waals surface area (Å²) in [5.74, 6) is -1.77. The molecule has 0 N–H and O–H groups in total. The third kappa shape index (κ3) is 2.34. The van der Waals surface area contributed by atoms with Crippen molar-refractivity contribution >= 4 is 0 Å². The summed E-state index contributed by atoms with van der Waals surface area (Å²) < 4.78 is 27.5. The van der Waals surface area contributed by atoms with Gasteiger partial charge in [0.25, 0.3) is 0 Å². The van der Waals surface area contributed by atoms with E-state index in [-0.39, 0.29) is 33.4 Å². The highest BCUT2D eigenvalue weighted by atomic mass is 19.1. The summed E-state index contributed by atoms with van der Waals surface area (Å²) in [4.78, 5) is 0. The average Bonchev–Trinajstić information content (AvgIpc) is 2.54. The second-order valence-electron chi connectivity index (χ2n) is 4.20. The van der Waals surface area contributed by atoms with E-state index in [9.17, 15) is 8.78 Å². The van der Waals surface area contributed by atoms with Gasteiger partial charge in [-0.2, -0.15) is 21.0 Å². The molecular weight excluding hydrogens is 286 g/mol. The zero-order valence-electron chi connectivity index (χ0n) is 10.9. The summed E-state index contributed by atoms with van der Waals surface area (Å²) in [6.45, 7) is 0. The maximum absolute atomic E-state index is 13.8.